The first-order chi connectivity index (χ1) is 5.27. The number of likely N-dealkylation sites (tertiary alicyclic amines) is 1. The average Bonchev–Trinajstić information content (AvgIpc) is 2.39. The maximum Gasteiger partial charge on any atom is 0.0234 e. The highest BCUT2D eigenvalue weighted by Gasteiger charge is 2.23. The van der Waals surface area contributed by atoms with Crippen LogP contribution in [-0.2, 0) is 0 Å². The Morgan fingerprint density at radius 3 is 2.36 bits per heavy atom. The van der Waals surface area contributed by atoms with Crippen molar-refractivity contribution < 1.29 is 0 Å². The zero-order valence-electron chi connectivity index (χ0n) is 8.01. The zero-order valence-corrected chi connectivity index (χ0v) is 8.01. The Morgan fingerprint density at radius 1 is 1.36 bits per heavy atom. The normalized spacial score (nSPS) is 26.7. The molecule has 0 N–H and O–H groups in total. The second kappa shape index (κ2) is 4.07. The Kier molecular flexibility index (Phi) is 3.34. The van der Waals surface area contributed by atoms with Gasteiger partial charge in [0.2, 0.25) is 0 Å². The highest BCUT2D eigenvalue weighted by atomic mass is 15.2. The Balaban J connectivity index is 2.34. The molecule has 11 heavy (non-hydrogen) atoms. The summed E-state index contributed by atoms with van der Waals surface area (Å²) in [6.07, 6.45) is 1.36. The smallest absolute Gasteiger partial charge is 0.0234 e. The van der Waals surface area contributed by atoms with E-state index in [4.69, 9.17) is 0 Å². The molecule has 2 heteroatoms. The minimum absolute atomic E-state index is 0.829. The fourth-order valence-electron chi connectivity index (χ4n) is 1.95. The van der Waals surface area contributed by atoms with Gasteiger partial charge in [0.05, 0.1) is 0 Å². The molecule has 0 amide bonds. The Labute approximate surface area is 70.2 Å². The van der Waals surface area contributed by atoms with Crippen molar-refractivity contribution >= 4 is 0 Å². The fraction of sp³-hybridized carbons (Fsp3) is 1.00. The van der Waals surface area contributed by atoms with Crippen molar-refractivity contribution in [3.8, 4) is 0 Å². The maximum absolute atomic E-state index is 2.56. The second-order valence-corrected chi connectivity index (χ2v) is 3.43. The van der Waals surface area contributed by atoms with Gasteiger partial charge in [0.15, 0.2) is 0 Å². The van der Waals surface area contributed by atoms with Crippen LogP contribution in [0.15, 0.2) is 0 Å². The van der Waals surface area contributed by atoms with Gasteiger partial charge in [-0.25, -0.2) is 0 Å². The number of likely N-dealkylation sites (N-methyl/N-ethyl adjacent to an activating group) is 2. The summed E-state index contributed by atoms with van der Waals surface area (Å²) in [5.74, 6) is 0. The first-order valence-electron chi connectivity index (χ1n) is 4.70. The van der Waals surface area contributed by atoms with Crippen molar-refractivity contribution in [1.82, 2.24) is 9.80 Å². The van der Waals surface area contributed by atoms with Crippen LogP contribution in [0.2, 0.25) is 0 Å². The molecule has 1 unspecified atom stereocenters. The molecule has 1 aliphatic rings. The van der Waals surface area contributed by atoms with Crippen molar-refractivity contribution in [3.63, 3.8) is 0 Å². The molecule has 0 bridgehead atoms. The standard InChI is InChI=1S/C9H20N2/c1-4-11(5-2)9-6-7-10(3)8-9/h9H,4-8H2,1-3H3. The largest absolute Gasteiger partial charge is 0.305 e. The van der Waals surface area contributed by atoms with Crippen LogP contribution in [0.5, 0.6) is 0 Å². The molecule has 0 aliphatic carbocycles. The van der Waals surface area contributed by atoms with E-state index >= 15 is 0 Å². The third-order valence-corrected chi connectivity index (χ3v) is 2.70. The number of nitrogens with zero attached hydrogens (tertiary/aromatic N) is 2. The molecule has 0 saturated carbocycles. The summed E-state index contributed by atoms with van der Waals surface area (Å²) in [6.45, 7) is 9.45. The first-order valence-corrected chi connectivity index (χ1v) is 4.70. The third-order valence-electron chi connectivity index (χ3n) is 2.70. The Hall–Kier alpha value is -0.0800. The van der Waals surface area contributed by atoms with E-state index in [1.54, 1.807) is 0 Å². The van der Waals surface area contributed by atoms with Gasteiger partial charge in [-0.15, -0.1) is 0 Å². The highest BCUT2D eigenvalue weighted by molar-refractivity contribution is 4.80. The molecule has 2 nitrogen and oxygen atoms in total. The maximum atomic E-state index is 2.56. The quantitative estimate of drug-likeness (QED) is 0.602. The predicted molar refractivity (Wildman–Crippen MR) is 48.8 cm³/mol. The van der Waals surface area contributed by atoms with E-state index in [0.717, 1.165) is 6.04 Å². The molecule has 0 aromatic heterocycles. The Bertz CT molecular complexity index is 110. The van der Waals surface area contributed by atoms with Crippen LogP contribution in [0.3, 0.4) is 0 Å². The summed E-state index contributed by atoms with van der Waals surface area (Å²) in [5.41, 5.74) is 0. The van der Waals surface area contributed by atoms with Crippen molar-refractivity contribution in [2.45, 2.75) is 26.3 Å². The van der Waals surface area contributed by atoms with E-state index in [0.29, 0.717) is 0 Å². The molecular weight excluding hydrogens is 136 g/mol. The molecule has 1 atom stereocenters. The van der Waals surface area contributed by atoms with Gasteiger partial charge < -0.3 is 4.90 Å². The molecule has 1 fully saturated rings. The van der Waals surface area contributed by atoms with Crippen LogP contribution in [0.25, 0.3) is 0 Å². The summed E-state index contributed by atoms with van der Waals surface area (Å²) >= 11 is 0. The van der Waals surface area contributed by atoms with Crippen LogP contribution < -0.4 is 0 Å². The lowest BCUT2D eigenvalue weighted by atomic mass is 10.2. The van der Waals surface area contributed by atoms with E-state index in [1.165, 1.54) is 32.6 Å². The summed E-state index contributed by atoms with van der Waals surface area (Å²) in [4.78, 5) is 4.98. The van der Waals surface area contributed by atoms with Crippen molar-refractivity contribution in [2.24, 2.45) is 0 Å². The third kappa shape index (κ3) is 2.17. The molecular formula is C9H20N2. The van der Waals surface area contributed by atoms with Crippen LogP contribution >= 0.6 is 0 Å². The van der Waals surface area contributed by atoms with Gasteiger partial charge in [0, 0.05) is 12.6 Å². The topological polar surface area (TPSA) is 6.48 Å². The van der Waals surface area contributed by atoms with Crippen LogP contribution in [0.1, 0.15) is 20.3 Å². The predicted octanol–water partition coefficient (Wildman–Crippen LogP) is 1.03. The molecule has 66 valence electrons. The monoisotopic (exact) mass is 156 g/mol. The van der Waals surface area contributed by atoms with Gasteiger partial charge in [-0.05, 0) is 33.1 Å². The van der Waals surface area contributed by atoms with E-state index in [1.807, 2.05) is 0 Å². The molecule has 0 spiro atoms. The van der Waals surface area contributed by atoms with Crippen molar-refractivity contribution in [3.05, 3.63) is 0 Å². The second-order valence-electron chi connectivity index (χ2n) is 3.43. The van der Waals surface area contributed by atoms with Gasteiger partial charge in [-0.2, -0.15) is 0 Å². The lowest BCUT2D eigenvalue weighted by Crippen LogP contribution is -2.36. The highest BCUT2D eigenvalue weighted by Crippen LogP contribution is 2.12. The Morgan fingerprint density at radius 2 is 2.00 bits per heavy atom. The summed E-state index contributed by atoms with van der Waals surface area (Å²) < 4.78 is 0. The number of rotatable bonds is 3. The lowest BCUT2D eigenvalue weighted by Gasteiger charge is -2.25. The molecule has 1 rings (SSSR count). The van der Waals surface area contributed by atoms with Crippen molar-refractivity contribution in [2.75, 3.05) is 33.2 Å². The van der Waals surface area contributed by atoms with Gasteiger partial charge in [0.25, 0.3) is 0 Å². The fourth-order valence-corrected chi connectivity index (χ4v) is 1.95. The first kappa shape index (κ1) is 9.01. The lowest BCUT2D eigenvalue weighted by molar-refractivity contribution is 0.218. The molecule has 0 radical (unpaired) electrons. The van der Waals surface area contributed by atoms with Crippen LogP contribution in [0, 0.1) is 0 Å². The van der Waals surface area contributed by atoms with Crippen LogP contribution in [-0.4, -0.2) is 49.1 Å². The SMILES string of the molecule is CCN(CC)C1CCN(C)C1. The van der Waals surface area contributed by atoms with E-state index in [2.05, 4.69) is 30.7 Å². The van der Waals surface area contributed by atoms with Gasteiger partial charge in [0.1, 0.15) is 0 Å². The van der Waals surface area contributed by atoms with Crippen LogP contribution in [0.4, 0.5) is 0 Å². The molecule has 1 heterocycles. The minimum atomic E-state index is 0.829. The summed E-state index contributed by atoms with van der Waals surface area (Å²) in [6, 6.07) is 0.829. The molecule has 1 aliphatic heterocycles. The van der Waals surface area contributed by atoms with Gasteiger partial charge in [-0.1, -0.05) is 13.8 Å². The summed E-state index contributed by atoms with van der Waals surface area (Å²) in [7, 11) is 2.21. The number of hydrogen-bond donors (Lipinski definition) is 0. The number of hydrogen-bond acceptors (Lipinski definition) is 2. The minimum Gasteiger partial charge on any atom is -0.305 e. The summed E-state index contributed by atoms with van der Waals surface area (Å²) in [5, 5.41) is 0. The van der Waals surface area contributed by atoms with Gasteiger partial charge >= 0.3 is 0 Å². The van der Waals surface area contributed by atoms with E-state index < -0.39 is 0 Å². The zero-order chi connectivity index (χ0) is 8.27. The van der Waals surface area contributed by atoms with E-state index in [9.17, 15) is 0 Å². The molecule has 0 aromatic carbocycles. The molecule has 0 aromatic rings. The molecule has 1 saturated heterocycles. The average molecular weight is 156 g/mol. The van der Waals surface area contributed by atoms with Crippen molar-refractivity contribution in [1.29, 1.82) is 0 Å². The van der Waals surface area contributed by atoms with E-state index in [-0.39, 0.29) is 0 Å². The van der Waals surface area contributed by atoms with Gasteiger partial charge in [-0.3, -0.25) is 4.90 Å².